The number of aromatic amines is 1. The van der Waals surface area contributed by atoms with Gasteiger partial charge in [-0.25, -0.2) is 0 Å². The lowest BCUT2D eigenvalue weighted by Gasteiger charge is -2.10. The van der Waals surface area contributed by atoms with Gasteiger partial charge in [-0.2, -0.15) is 0 Å². The summed E-state index contributed by atoms with van der Waals surface area (Å²) in [7, 11) is 1.82. The van der Waals surface area contributed by atoms with Crippen LogP contribution in [0.25, 0.3) is 10.9 Å². The Morgan fingerprint density at radius 1 is 1.50 bits per heavy atom. The van der Waals surface area contributed by atoms with Crippen molar-refractivity contribution in [2.75, 3.05) is 13.6 Å². The first-order chi connectivity index (χ1) is 7.63. The van der Waals surface area contributed by atoms with E-state index in [4.69, 9.17) is 11.6 Å². The molecule has 0 aliphatic carbocycles. The molecule has 1 aromatic carbocycles. The van der Waals surface area contributed by atoms with Crippen LogP contribution in [0.1, 0.15) is 17.4 Å². The number of fused-ring (bicyclic) bond motifs is 1. The molecule has 2 rings (SSSR count). The minimum atomic E-state index is -0.516. The normalized spacial score (nSPS) is 13.2. The van der Waals surface area contributed by atoms with E-state index in [1.54, 1.807) is 0 Å². The zero-order valence-corrected chi connectivity index (χ0v) is 10.1. The molecular weight excluding hydrogens is 224 g/mol. The van der Waals surface area contributed by atoms with Gasteiger partial charge in [-0.1, -0.05) is 11.6 Å². The van der Waals surface area contributed by atoms with Crippen LogP contribution in [0, 0.1) is 6.92 Å². The first-order valence-electron chi connectivity index (χ1n) is 5.24. The van der Waals surface area contributed by atoms with Gasteiger partial charge in [0, 0.05) is 33.7 Å². The molecule has 86 valence electrons. The Labute approximate surface area is 99.4 Å². The summed E-state index contributed by atoms with van der Waals surface area (Å²) in [6.45, 7) is 2.49. The fourth-order valence-electron chi connectivity index (χ4n) is 2.04. The molecule has 3 nitrogen and oxygen atoms in total. The number of aliphatic hydroxyl groups excluding tert-OH is 1. The molecule has 16 heavy (non-hydrogen) atoms. The zero-order valence-electron chi connectivity index (χ0n) is 9.34. The minimum absolute atomic E-state index is 0.516. The largest absolute Gasteiger partial charge is 0.387 e. The molecule has 1 atom stereocenters. The Bertz CT molecular complexity index is 507. The van der Waals surface area contributed by atoms with Crippen LogP contribution < -0.4 is 5.32 Å². The zero-order chi connectivity index (χ0) is 11.7. The highest BCUT2D eigenvalue weighted by molar-refractivity contribution is 6.31. The van der Waals surface area contributed by atoms with Crippen molar-refractivity contribution in [1.29, 1.82) is 0 Å². The van der Waals surface area contributed by atoms with Crippen LogP contribution in [-0.2, 0) is 0 Å². The fraction of sp³-hybridized carbons (Fsp3) is 0.333. The SMILES string of the molecule is CNCC(O)c1c(C)[nH]c2ccc(Cl)cc12. The molecule has 1 heterocycles. The summed E-state index contributed by atoms with van der Waals surface area (Å²) in [5.74, 6) is 0. The number of hydrogen-bond donors (Lipinski definition) is 3. The van der Waals surface area contributed by atoms with Crippen molar-refractivity contribution in [3.05, 3.63) is 34.5 Å². The Balaban J connectivity index is 2.58. The highest BCUT2D eigenvalue weighted by Gasteiger charge is 2.15. The molecule has 4 heteroatoms. The maximum absolute atomic E-state index is 10.1. The topological polar surface area (TPSA) is 48.0 Å². The van der Waals surface area contributed by atoms with Crippen molar-refractivity contribution in [3.63, 3.8) is 0 Å². The van der Waals surface area contributed by atoms with Gasteiger partial charge < -0.3 is 15.4 Å². The predicted molar refractivity (Wildman–Crippen MR) is 66.9 cm³/mol. The van der Waals surface area contributed by atoms with E-state index >= 15 is 0 Å². The van der Waals surface area contributed by atoms with Gasteiger partial charge in [0.1, 0.15) is 0 Å². The van der Waals surface area contributed by atoms with Crippen molar-refractivity contribution < 1.29 is 5.11 Å². The lowest BCUT2D eigenvalue weighted by atomic mass is 10.1. The standard InChI is InChI=1S/C12H15ClN2O/c1-7-12(11(16)6-14-2)9-5-8(13)3-4-10(9)15-7/h3-5,11,14-16H,6H2,1-2H3. The van der Waals surface area contributed by atoms with Gasteiger partial charge in [0.05, 0.1) is 6.10 Å². The second kappa shape index (κ2) is 4.45. The molecule has 0 aliphatic heterocycles. The highest BCUT2D eigenvalue weighted by Crippen LogP contribution is 2.29. The summed E-state index contributed by atoms with van der Waals surface area (Å²) in [4.78, 5) is 3.25. The van der Waals surface area contributed by atoms with Gasteiger partial charge in [0.25, 0.3) is 0 Å². The van der Waals surface area contributed by atoms with Crippen molar-refractivity contribution >= 4 is 22.5 Å². The summed E-state index contributed by atoms with van der Waals surface area (Å²) in [5.41, 5.74) is 2.92. The number of rotatable bonds is 3. The molecular formula is C12H15ClN2O. The van der Waals surface area contributed by atoms with Gasteiger partial charge in [-0.3, -0.25) is 0 Å². The van der Waals surface area contributed by atoms with E-state index in [1.807, 2.05) is 32.2 Å². The monoisotopic (exact) mass is 238 g/mol. The molecule has 0 spiro atoms. The quantitative estimate of drug-likeness (QED) is 0.769. The predicted octanol–water partition coefficient (Wildman–Crippen LogP) is 2.38. The van der Waals surface area contributed by atoms with Gasteiger partial charge >= 0.3 is 0 Å². The van der Waals surface area contributed by atoms with E-state index < -0.39 is 6.10 Å². The molecule has 1 unspecified atom stereocenters. The van der Waals surface area contributed by atoms with Crippen LogP contribution in [0.5, 0.6) is 0 Å². The average molecular weight is 239 g/mol. The van der Waals surface area contributed by atoms with Crippen molar-refractivity contribution in [1.82, 2.24) is 10.3 Å². The lowest BCUT2D eigenvalue weighted by molar-refractivity contribution is 0.178. The summed E-state index contributed by atoms with van der Waals surface area (Å²) in [6.07, 6.45) is -0.516. The number of nitrogens with one attached hydrogen (secondary N) is 2. The minimum Gasteiger partial charge on any atom is -0.387 e. The van der Waals surface area contributed by atoms with Gasteiger partial charge in [-0.05, 0) is 32.2 Å². The lowest BCUT2D eigenvalue weighted by Crippen LogP contribution is -2.17. The molecule has 0 saturated heterocycles. The molecule has 0 aliphatic rings. The van der Waals surface area contributed by atoms with Gasteiger partial charge in [0.2, 0.25) is 0 Å². The number of likely N-dealkylation sites (N-methyl/N-ethyl adjacent to an activating group) is 1. The third-order valence-electron chi connectivity index (χ3n) is 2.73. The van der Waals surface area contributed by atoms with E-state index in [0.717, 1.165) is 22.2 Å². The summed E-state index contributed by atoms with van der Waals surface area (Å²) in [5, 5.41) is 14.7. The second-order valence-electron chi connectivity index (χ2n) is 3.93. The number of aliphatic hydroxyl groups is 1. The third kappa shape index (κ3) is 1.94. The number of aryl methyl sites for hydroxylation is 1. The molecule has 2 aromatic rings. The first-order valence-corrected chi connectivity index (χ1v) is 5.61. The van der Waals surface area contributed by atoms with Gasteiger partial charge in [-0.15, -0.1) is 0 Å². The molecule has 0 bridgehead atoms. The molecule has 0 radical (unpaired) electrons. The Kier molecular flexibility index (Phi) is 3.19. The number of benzene rings is 1. The van der Waals surface area contributed by atoms with Crippen molar-refractivity contribution in [2.24, 2.45) is 0 Å². The second-order valence-corrected chi connectivity index (χ2v) is 4.36. The van der Waals surface area contributed by atoms with Crippen LogP contribution in [0.4, 0.5) is 0 Å². The molecule has 1 aromatic heterocycles. The van der Waals surface area contributed by atoms with E-state index in [2.05, 4.69) is 10.3 Å². The van der Waals surface area contributed by atoms with Crippen LogP contribution in [0.3, 0.4) is 0 Å². The van der Waals surface area contributed by atoms with Gasteiger partial charge in [0.15, 0.2) is 0 Å². The number of aromatic nitrogens is 1. The average Bonchev–Trinajstić information content (AvgIpc) is 2.53. The summed E-state index contributed by atoms with van der Waals surface area (Å²) >= 11 is 5.97. The number of halogens is 1. The van der Waals surface area contributed by atoms with Crippen molar-refractivity contribution in [3.8, 4) is 0 Å². The van der Waals surface area contributed by atoms with Crippen molar-refractivity contribution in [2.45, 2.75) is 13.0 Å². The van der Waals surface area contributed by atoms with E-state index in [0.29, 0.717) is 11.6 Å². The molecule has 3 N–H and O–H groups in total. The Hall–Kier alpha value is -1.03. The number of H-pyrrole nitrogens is 1. The van der Waals surface area contributed by atoms with Crippen LogP contribution in [-0.4, -0.2) is 23.7 Å². The summed E-state index contributed by atoms with van der Waals surface area (Å²) < 4.78 is 0. The van der Waals surface area contributed by atoms with Crippen LogP contribution in [0.2, 0.25) is 5.02 Å². The smallest absolute Gasteiger partial charge is 0.0937 e. The third-order valence-corrected chi connectivity index (χ3v) is 2.96. The van der Waals surface area contributed by atoms with Crippen LogP contribution >= 0.6 is 11.6 Å². The number of hydrogen-bond acceptors (Lipinski definition) is 2. The molecule has 0 saturated carbocycles. The highest BCUT2D eigenvalue weighted by atomic mass is 35.5. The van der Waals surface area contributed by atoms with E-state index in [-0.39, 0.29) is 0 Å². The maximum Gasteiger partial charge on any atom is 0.0937 e. The Morgan fingerprint density at radius 3 is 2.94 bits per heavy atom. The molecule has 0 amide bonds. The van der Waals surface area contributed by atoms with E-state index in [1.165, 1.54) is 0 Å². The maximum atomic E-state index is 10.1. The van der Waals surface area contributed by atoms with E-state index in [9.17, 15) is 5.11 Å². The fourth-order valence-corrected chi connectivity index (χ4v) is 2.22. The van der Waals surface area contributed by atoms with Crippen LogP contribution in [0.15, 0.2) is 18.2 Å². The first kappa shape index (κ1) is 11.5. The Morgan fingerprint density at radius 2 is 2.25 bits per heavy atom. The molecule has 0 fully saturated rings. The summed E-state index contributed by atoms with van der Waals surface area (Å²) in [6, 6.07) is 5.66.